The zero-order valence-electron chi connectivity index (χ0n) is 16.1. The van der Waals surface area contributed by atoms with Crippen molar-refractivity contribution in [3.8, 4) is 11.8 Å². The van der Waals surface area contributed by atoms with Crippen molar-refractivity contribution in [3.05, 3.63) is 93.5 Å². The van der Waals surface area contributed by atoms with Crippen LogP contribution in [0.25, 0.3) is 6.08 Å². The summed E-state index contributed by atoms with van der Waals surface area (Å²) in [6.07, 6.45) is 1.53. The second-order valence-electron chi connectivity index (χ2n) is 6.45. The fourth-order valence-electron chi connectivity index (χ4n) is 2.65. The second-order valence-corrected chi connectivity index (χ2v) is 10.0. The van der Waals surface area contributed by atoms with Crippen molar-refractivity contribution >= 4 is 97.7 Å². The number of halogens is 5. The summed E-state index contributed by atoms with van der Waals surface area (Å²) in [5.74, 6) is 0.166. The second kappa shape index (κ2) is 11.6. The maximum Gasteiger partial charge on any atom is 0.266 e. The maximum atomic E-state index is 12.5. The number of carbonyl (C=O) groups is 1. The van der Waals surface area contributed by atoms with Crippen molar-refractivity contribution < 1.29 is 9.53 Å². The quantitative estimate of drug-likeness (QED) is 0.161. The fourth-order valence-corrected chi connectivity index (χ4v) is 5.28. The van der Waals surface area contributed by atoms with Crippen LogP contribution in [0.3, 0.4) is 0 Å². The molecule has 0 saturated heterocycles. The molecule has 0 aliphatic rings. The molecule has 1 N–H and O–H groups in total. The molecule has 32 heavy (non-hydrogen) atoms. The Hall–Kier alpha value is -1.51. The number of para-hydroxylation sites is 1. The number of carbonyl (C=O) groups excluding carboxylic acids is 1. The Morgan fingerprint density at radius 2 is 1.69 bits per heavy atom. The summed E-state index contributed by atoms with van der Waals surface area (Å²) in [4.78, 5) is 12.5. The lowest BCUT2D eigenvalue weighted by Crippen LogP contribution is -2.13. The van der Waals surface area contributed by atoms with Gasteiger partial charge in [-0.05, 0) is 98.8 Å². The van der Waals surface area contributed by atoms with Crippen LogP contribution in [0.4, 0.5) is 5.69 Å². The van der Waals surface area contributed by atoms with Crippen LogP contribution >= 0.6 is 80.0 Å². The van der Waals surface area contributed by atoms with Gasteiger partial charge in [0.1, 0.15) is 24.0 Å². The predicted octanol–water partition coefficient (Wildman–Crippen LogP) is 7.98. The molecule has 0 atom stereocenters. The van der Waals surface area contributed by atoms with Gasteiger partial charge in [0.15, 0.2) is 0 Å². The van der Waals surface area contributed by atoms with Crippen molar-refractivity contribution in [3.63, 3.8) is 0 Å². The topological polar surface area (TPSA) is 62.1 Å². The van der Waals surface area contributed by atoms with Crippen molar-refractivity contribution in [2.45, 2.75) is 6.61 Å². The van der Waals surface area contributed by atoms with Crippen molar-refractivity contribution in [2.75, 3.05) is 5.32 Å². The number of nitrogens with one attached hydrogen (secondary N) is 1. The molecular weight excluding hydrogens is 696 g/mol. The molecule has 0 unspecified atom stereocenters. The van der Waals surface area contributed by atoms with Crippen LogP contribution in [0, 0.1) is 18.5 Å². The summed E-state index contributed by atoms with van der Waals surface area (Å²) in [7, 11) is 0. The third kappa shape index (κ3) is 6.51. The molecular formula is C23H13Cl3I2N2O2. The SMILES string of the molecule is N#C/C(=C\c1cc(I)c(OCc2ccc(Cl)c(Cl)c2)c(I)c1)C(=O)Nc1ccccc1Cl. The van der Waals surface area contributed by atoms with Crippen LogP contribution in [-0.2, 0) is 11.4 Å². The van der Waals surface area contributed by atoms with Gasteiger partial charge in [-0.25, -0.2) is 0 Å². The number of nitriles is 1. The Morgan fingerprint density at radius 3 is 2.31 bits per heavy atom. The summed E-state index contributed by atoms with van der Waals surface area (Å²) < 4.78 is 7.65. The van der Waals surface area contributed by atoms with Gasteiger partial charge in [0, 0.05) is 0 Å². The molecule has 0 fully saturated rings. The molecule has 0 spiro atoms. The molecule has 162 valence electrons. The summed E-state index contributed by atoms with van der Waals surface area (Å²) in [6, 6.07) is 17.8. The molecule has 0 radical (unpaired) electrons. The van der Waals surface area contributed by atoms with E-state index in [1.165, 1.54) is 6.08 Å². The van der Waals surface area contributed by atoms with E-state index in [0.717, 1.165) is 12.7 Å². The third-order valence-corrected chi connectivity index (χ3v) is 6.86. The number of benzene rings is 3. The van der Waals surface area contributed by atoms with Crippen molar-refractivity contribution in [2.24, 2.45) is 0 Å². The van der Waals surface area contributed by atoms with E-state index in [1.54, 1.807) is 36.4 Å². The molecule has 9 heteroatoms. The molecule has 3 rings (SSSR count). The highest BCUT2D eigenvalue weighted by molar-refractivity contribution is 14.1. The van der Waals surface area contributed by atoms with Crippen LogP contribution in [-0.4, -0.2) is 5.91 Å². The van der Waals surface area contributed by atoms with Crippen LogP contribution < -0.4 is 10.1 Å². The van der Waals surface area contributed by atoms with Gasteiger partial charge in [0.05, 0.1) is 27.9 Å². The molecule has 0 aliphatic heterocycles. The minimum atomic E-state index is -0.537. The van der Waals surface area contributed by atoms with Gasteiger partial charge < -0.3 is 10.1 Å². The van der Waals surface area contributed by atoms with E-state index in [1.807, 2.05) is 24.3 Å². The minimum absolute atomic E-state index is 0.0407. The first-order valence-electron chi connectivity index (χ1n) is 9.02. The predicted molar refractivity (Wildman–Crippen MR) is 146 cm³/mol. The van der Waals surface area contributed by atoms with Gasteiger partial charge in [-0.3, -0.25) is 4.79 Å². The first kappa shape index (κ1) is 25.1. The van der Waals surface area contributed by atoms with E-state index in [-0.39, 0.29) is 5.57 Å². The average molecular weight is 710 g/mol. The van der Waals surface area contributed by atoms with Gasteiger partial charge in [0.25, 0.3) is 5.91 Å². The van der Waals surface area contributed by atoms with E-state index < -0.39 is 5.91 Å². The van der Waals surface area contributed by atoms with Gasteiger partial charge in [-0.15, -0.1) is 0 Å². The highest BCUT2D eigenvalue weighted by atomic mass is 127. The largest absolute Gasteiger partial charge is 0.487 e. The monoisotopic (exact) mass is 708 g/mol. The first-order chi connectivity index (χ1) is 15.3. The Kier molecular flexibility index (Phi) is 9.08. The van der Waals surface area contributed by atoms with E-state index in [0.29, 0.717) is 38.7 Å². The maximum absolute atomic E-state index is 12.5. The molecule has 3 aromatic carbocycles. The fraction of sp³-hybridized carbons (Fsp3) is 0.0435. The van der Waals surface area contributed by atoms with Crippen molar-refractivity contribution in [1.82, 2.24) is 0 Å². The molecule has 0 heterocycles. The summed E-state index contributed by atoms with van der Waals surface area (Å²) >= 11 is 22.4. The molecule has 0 saturated carbocycles. The Labute approximate surface area is 227 Å². The van der Waals surface area contributed by atoms with Crippen LogP contribution in [0.1, 0.15) is 11.1 Å². The van der Waals surface area contributed by atoms with Crippen molar-refractivity contribution in [1.29, 1.82) is 5.26 Å². The highest BCUT2D eigenvalue weighted by Gasteiger charge is 2.14. The summed E-state index contributed by atoms with van der Waals surface area (Å²) in [6.45, 7) is 0.321. The third-order valence-electron chi connectivity index (χ3n) is 4.19. The zero-order valence-corrected chi connectivity index (χ0v) is 22.7. The lowest BCUT2D eigenvalue weighted by atomic mass is 10.1. The number of rotatable bonds is 6. The first-order valence-corrected chi connectivity index (χ1v) is 12.3. The van der Waals surface area contributed by atoms with Crippen LogP contribution in [0.15, 0.2) is 60.2 Å². The highest BCUT2D eigenvalue weighted by Crippen LogP contribution is 2.31. The lowest BCUT2D eigenvalue weighted by molar-refractivity contribution is -0.112. The normalized spacial score (nSPS) is 11.1. The number of hydrogen-bond donors (Lipinski definition) is 1. The number of ether oxygens (including phenoxy) is 1. The average Bonchev–Trinajstić information content (AvgIpc) is 2.75. The van der Waals surface area contributed by atoms with Crippen LogP contribution in [0.5, 0.6) is 5.75 Å². The van der Waals surface area contributed by atoms with E-state index >= 15 is 0 Å². The smallest absolute Gasteiger partial charge is 0.266 e. The molecule has 0 aliphatic carbocycles. The van der Waals surface area contributed by atoms with Gasteiger partial charge in [-0.1, -0.05) is 53.0 Å². The van der Waals surface area contributed by atoms with E-state index in [4.69, 9.17) is 39.5 Å². The molecule has 0 aromatic heterocycles. The molecule has 3 aromatic rings. The van der Waals surface area contributed by atoms with E-state index in [9.17, 15) is 10.1 Å². The Bertz CT molecular complexity index is 1230. The van der Waals surface area contributed by atoms with Gasteiger partial charge in [-0.2, -0.15) is 5.26 Å². The number of anilines is 1. The van der Waals surface area contributed by atoms with Crippen LogP contribution in [0.2, 0.25) is 15.1 Å². The molecule has 0 bridgehead atoms. The standard InChI is InChI=1S/C23H13Cl3I2N2O2/c24-16-6-5-13(8-18(16)26)12-32-22-19(27)9-14(10-20(22)28)7-15(11-29)23(31)30-21-4-2-1-3-17(21)25/h1-10H,12H2,(H,30,31)/b15-7+. The number of nitrogens with zero attached hydrogens (tertiary/aromatic N) is 1. The van der Waals surface area contributed by atoms with Gasteiger partial charge in [0.2, 0.25) is 0 Å². The number of amides is 1. The minimum Gasteiger partial charge on any atom is -0.487 e. The molecule has 4 nitrogen and oxygen atoms in total. The van der Waals surface area contributed by atoms with Gasteiger partial charge >= 0.3 is 0 Å². The Morgan fingerprint density at radius 1 is 1.00 bits per heavy atom. The summed E-state index contributed by atoms with van der Waals surface area (Å²) in [5, 5.41) is 13.5. The zero-order chi connectivity index (χ0) is 23.3. The molecule has 1 amide bonds. The Balaban J connectivity index is 1.78. The summed E-state index contributed by atoms with van der Waals surface area (Å²) in [5.41, 5.74) is 1.99. The van der Waals surface area contributed by atoms with E-state index in [2.05, 4.69) is 50.5 Å². The lowest BCUT2D eigenvalue weighted by Gasteiger charge is -2.12. The number of hydrogen-bond acceptors (Lipinski definition) is 3.